The molecule has 3 aromatic rings. The molecule has 2 heterocycles. The zero-order valence-electron chi connectivity index (χ0n) is 12.5. The number of aromatic nitrogens is 4. The van der Waals surface area contributed by atoms with E-state index in [4.69, 9.17) is 0 Å². The monoisotopic (exact) mass is 315 g/mol. The van der Waals surface area contributed by atoms with E-state index in [0.29, 0.717) is 16.5 Å². The fourth-order valence-electron chi connectivity index (χ4n) is 2.12. The molecule has 3 rings (SSSR count). The summed E-state index contributed by atoms with van der Waals surface area (Å²) in [7, 11) is 0. The Hall–Kier alpha value is -2.28. The van der Waals surface area contributed by atoms with Crippen LogP contribution >= 0.6 is 11.3 Å². The van der Waals surface area contributed by atoms with Gasteiger partial charge in [0.25, 0.3) is 5.91 Å². The molecule has 0 fully saturated rings. The first-order valence-corrected chi connectivity index (χ1v) is 8.01. The number of nitrogens with one attached hydrogen (secondary N) is 1. The number of amides is 1. The molecular weight excluding hydrogens is 298 g/mol. The van der Waals surface area contributed by atoms with Gasteiger partial charge in [-0.15, -0.1) is 15.3 Å². The maximum absolute atomic E-state index is 12.2. The second-order valence-electron chi connectivity index (χ2n) is 5.31. The van der Waals surface area contributed by atoms with E-state index in [1.807, 2.05) is 44.2 Å². The molecule has 0 spiro atoms. The summed E-state index contributed by atoms with van der Waals surface area (Å²) in [5.41, 5.74) is 1.20. The van der Waals surface area contributed by atoms with Crippen LogP contribution in [0.25, 0.3) is 4.96 Å². The van der Waals surface area contributed by atoms with Gasteiger partial charge in [-0.1, -0.05) is 55.5 Å². The summed E-state index contributed by atoms with van der Waals surface area (Å²) in [6.07, 6.45) is 0.799. The van der Waals surface area contributed by atoms with Gasteiger partial charge in [-0.2, -0.15) is 4.52 Å². The van der Waals surface area contributed by atoms with Crippen LogP contribution in [0.15, 0.2) is 30.3 Å². The Morgan fingerprint density at radius 3 is 2.77 bits per heavy atom. The van der Waals surface area contributed by atoms with Gasteiger partial charge in [0.15, 0.2) is 5.82 Å². The predicted molar refractivity (Wildman–Crippen MR) is 85.2 cm³/mol. The molecule has 0 aliphatic rings. The molecule has 22 heavy (non-hydrogen) atoms. The van der Waals surface area contributed by atoms with Gasteiger partial charge in [0.1, 0.15) is 0 Å². The average molecular weight is 315 g/mol. The summed E-state index contributed by atoms with van der Waals surface area (Å²) in [6, 6.07) is 10.1. The van der Waals surface area contributed by atoms with E-state index < -0.39 is 0 Å². The second-order valence-corrected chi connectivity index (χ2v) is 6.26. The Labute approximate surface area is 132 Å². The van der Waals surface area contributed by atoms with Crippen LogP contribution in [-0.4, -0.2) is 32.3 Å². The smallest absolute Gasteiger partial charge is 0.282 e. The van der Waals surface area contributed by atoms with E-state index in [0.717, 1.165) is 12.2 Å². The van der Waals surface area contributed by atoms with E-state index in [-0.39, 0.29) is 11.8 Å². The molecule has 1 aromatic carbocycles. The van der Waals surface area contributed by atoms with Crippen LogP contribution in [0.5, 0.6) is 0 Å². The molecule has 0 unspecified atom stereocenters. The Morgan fingerprint density at radius 2 is 2.05 bits per heavy atom. The molecule has 0 radical (unpaired) electrons. The predicted octanol–water partition coefficient (Wildman–Crippen LogP) is 2.28. The molecule has 1 N–H and O–H groups in total. The third-order valence-electron chi connectivity index (χ3n) is 3.27. The van der Waals surface area contributed by atoms with E-state index in [1.165, 1.54) is 16.9 Å². The normalized spacial score (nSPS) is 11.2. The highest BCUT2D eigenvalue weighted by Crippen LogP contribution is 2.18. The first-order chi connectivity index (χ1) is 10.6. The van der Waals surface area contributed by atoms with Gasteiger partial charge in [-0.05, 0) is 12.0 Å². The molecule has 0 bridgehead atoms. The first kappa shape index (κ1) is 14.6. The van der Waals surface area contributed by atoms with Crippen LogP contribution in [0.2, 0.25) is 0 Å². The lowest BCUT2D eigenvalue weighted by Gasteiger charge is -2.03. The van der Waals surface area contributed by atoms with Gasteiger partial charge in [0.2, 0.25) is 9.97 Å². The number of hydrogen-bond donors (Lipinski definition) is 1. The number of nitrogens with zero attached hydrogens (tertiary/aromatic N) is 4. The van der Waals surface area contributed by atoms with Crippen molar-refractivity contribution in [3.05, 3.63) is 46.7 Å². The highest BCUT2D eigenvalue weighted by Gasteiger charge is 2.17. The Morgan fingerprint density at radius 1 is 1.27 bits per heavy atom. The van der Waals surface area contributed by atoms with Crippen molar-refractivity contribution < 1.29 is 4.79 Å². The van der Waals surface area contributed by atoms with Gasteiger partial charge in [-0.25, -0.2) is 0 Å². The lowest BCUT2D eigenvalue weighted by molar-refractivity contribution is 0.0952. The Kier molecular flexibility index (Phi) is 4.15. The van der Waals surface area contributed by atoms with Crippen molar-refractivity contribution in [3.63, 3.8) is 0 Å². The van der Waals surface area contributed by atoms with Gasteiger partial charge in [0, 0.05) is 12.5 Å². The van der Waals surface area contributed by atoms with Gasteiger partial charge >= 0.3 is 0 Å². The highest BCUT2D eigenvalue weighted by atomic mass is 32.1. The minimum Gasteiger partial charge on any atom is -0.350 e. The number of hydrogen-bond acceptors (Lipinski definition) is 5. The lowest BCUT2D eigenvalue weighted by atomic mass is 10.1. The third-order valence-corrected chi connectivity index (χ3v) is 4.17. The summed E-state index contributed by atoms with van der Waals surface area (Å²) in [6.45, 7) is 4.63. The number of carbonyl (C=O) groups excluding carboxylic acids is 1. The second kappa shape index (κ2) is 6.23. The molecule has 0 saturated carbocycles. The topological polar surface area (TPSA) is 72.2 Å². The van der Waals surface area contributed by atoms with E-state index in [1.54, 1.807) is 4.52 Å². The largest absolute Gasteiger partial charge is 0.350 e. The summed E-state index contributed by atoms with van der Waals surface area (Å²) in [5, 5.41) is 15.8. The zero-order chi connectivity index (χ0) is 15.5. The molecule has 0 saturated heterocycles. The molecular formula is C15H17N5OS. The highest BCUT2D eigenvalue weighted by molar-refractivity contribution is 7.18. The standard InChI is InChI=1S/C15H17N5OS/c1-10(2)12-17-18-15-20(12)19-14(22-15)13(21)16-9-8-11-6-4-3-5-7-11/h3-7,10H,8-9H2,1-2H3,(H,16,21). The molecule has 6 nitrogen and oxygen atoms in total. The first-order valence-electron chi connectivity index (χ1n) is 7.19. The Bertz CT molecular complexity index is 778. The summed E-state index contributed by atoms with van der Waals surface area (Å²) in [4.78, 5) is 12.8. The minimum absolute atomic E-state index is 0.166. The molecule has 7 heteroatoms. The van der Waals surface area contributed by atoms with E-state index in [2.05, 4.69) is 20.6 Å². The zero-order valence-corrected chi connectivity index (χ0v) is 13.3. The fraction of sp³-hybridized carbons (Fsp3) is 0.333. The van der Waals surface area contributed by atoms with Crippen LogP contribution in [-0.2, 0) is 6.42 Å². The van der Waals surface area contributed by atoms with Crippen molar-refractivity contribution in [1.29, 1.82) is 0 Å². The third kappa shape index (κ3) is 2.99. The van der Waals surface area contributed by atoms with Gasteiger partial charge in [-0.3, -0.25) is 4.79 Å². The minimum atomic E-state index is -0.166. The number of benzene rings is 1. The van der Waals surface area contributed by atoms with Crippen LogP contribution < -0.4 is 5.32 Å². The molecule has 114 valence electrons. The molecule has 1 amide bonds. The quantitative estimate of drug-likeness (QED) is 0.784. The van der Waals surface area contributed by atoms with Crippen LogP contribution in [0.4, 0.5) is 0 Å². The summed E-state index contributed by atoms with van der Waals surface area (Å²) < 4.78 is 1.65. The van der Waals surface area contributed by atoms with Crippen molar-refractivity contribution in [2.75, 3.05) is 6.54 Å². The maximum Gasteiger partial charge on any atom is 0.282 e. The van der Waals surface area contributed by atoms with E-state index >= 15 is 0 Å². The molecule has 2 aromatic heterocycles. The molecule has 0 aliphatic carbocycles. The van der Waals surface area contributed by atoms with Gasteiger partial charge < -0.3 is 5.32 Å². The number of fused-ring (bicyclic) bond motifs is 1. The SMILES string of the molecule is CC(C)c1nnc2sc(C(=O)NCCc3ccccc3)nn12. The van der Waals surface area contributed by atoms with Crippen molar-refractivity contribution in [1.82, 2.24) is 25.1 Å². The maximum atomic E-state index is 12.2. The van der Waals surface area contributed by atoms with Crippen molar-refractivity contribution in [3.8, 4) is 0 Å². The van der Waals surface area contributed by atoms with Crippen LogP contribution in [0.1, 0.15) is 41.0 Å². The number of rotatable bonds is 5. The Balaban J connectivity index is 1.65. The summed E-state index contributed by atoms with van der Waals surface area (Å²) in [5.74, 6) is 0.821. The fourth-order valence-corrected chi connectivity index (χ4v) is 2.89. The average Bonchev–Trinajstić information content (AvgIpc) is 3.08. The summed E-state index contributed by atoms with van der Waals surface area (Å²) >= 11 is 1.26. The van der Waals surface area contributed by atoms with Crippen molar-refractivity contribution >= 4 is 22.2 Å². The molecule has 0 atom stereocenters. The van der Waals surface area contributed by atoms with Crippen LogP contribution in [0.3, 0.4) is 0 Å². The van der Waals surface area contributed by atoms with Crippen molar-refractivity contribution in [2.24, 2.45) is 0 Å². The van der Waals surface area contributed by atoms with E-state index in [9.17, 15) is 4.79 Å². The lowest BCUT2D eigenvalue weighted by Crippen LogP contribution is -2.25. The number of carbonyl (C=O) groups is 1. The van der Waals surface area contributed by atoms with Crippen LogP contribution in [0, 0.1) is 0 Å². The van der Waals surface area contributed by atoms with Gasteiger partial charge in [0.05, 0.1) is 0 Å². The van der Waals surface area contributed by atoms with Crippen molar-refractivity contribution in [2.45, 2.75) is 26.2 Å². The molecule has 0 aliphatic heterocycles.